The molecule has 1 amide bonds. The number of carbonyl (C=O) groups excluding carboxylic acids is 1. The lowest BCUT2D eigenvalue weighted by molar-refractivity contribution is -0.136. The van der Waals surface area contributed by atoms with Gasteiger partial charge in [0.05, 0.1) is 5.70 Å². The van der Waals surface area contributed by atoms with E-state index in [0.29, 0.717) is 17.0 Å². The van der Waals surface area contributed by atoms with Gasteiger partial charge in [0.1, 0.15) is 11.5 Å². The smallest absolute Gasteiger partial charge is 0.225 e. The van der Waals surface area contributed by atoms with Crippen molar-refractivity contribution < 1.29 is 9.53 Å². The molecule has 1 aromatic carbocycles. The Balaban J connectivity index is 0.00000176. The van der Waals surface area contributed by atoms with Gasteiger partial charge in [-0.2, -0.15) is 0 Å². The van der Waals surface area contributed by atoms with E-state index in [2.05, 4.69) is 18.3 Å². The van der Waals surface area contributed by atoms with Crippen molar-refractivity contribution >= 4 is 17.5 Å². The topological polar surface area (TPSA) is 41.6 Å². The first-order valence-electron chi connectivity index (χ1n) is 12.0. The molecule has 0 spiro atoms. The fourth-order valence-corrected chi connectivity index (χ4v) is 4.27. The second-order valence-electron chi connectivity index (χ2n) is 8.28. The maximum absolute atomic E-state index is 12.6. The minimum atomic E-state index is 0.127. The molecule has 1 N–H and O–H groups in total. The Bertz CT molecular complexity index is 836. The fraction of sp³-hybridized carbons (Fsp3) is 0.519. The first-order valence-corrected chi connectivity index (χ1v) is 12.4. The van der Waals surface area contributed by atoms with Crippen molar-refractivity contribution in [3.63, 3.8) is 0 Å². The maximum atomic E-state index is 12.6. The van der Waals surface area contributed by atoms with E-state index in [0.717, 1.165) is 68.0 Å². The van der Waals surface area contributed by atoms with Gasteiger partial charge in [0.25, 0.3) is 0 Å². The molecule has 1 unspecified atom stereocenters. The molecule has 4 nitrogen and oxygen atoms in total. The monoisotopic (exact) mass is 458 g/mol. The fourth-order valence-electron chi connectivity index (χ4n) is 4.04. The number of aryl methyl sites for hydroxylation is 1. The van der Waals surface area contributed by atoms with E-state index in [9.17, 15) is 4.79 Å². The maximum Gasteiger partial charge on any atom is 0.225 e. The van der Waals surface area contributed by atoms with Crippen LogP contribution in [0.3, 0.4) is 0 Å². The molecule has 5 heteroatoms. The Hall–Kier alpha value is -2.20. The van der Waals surface area contributed by atoms with E-state index in [1.165, 1.54) is 0 Å². The van der Waals surface area contributed by atoms with E-state index in [1.807, 2.05) is 69.0 Å². The highest BCUT2D eigenvalue weighted by Gasteiger charge is 2.26. The van der Waals surface area contributed by atoms with Gasteiger partial charge in [-0.1, -0.05) is 63.9 Å². The van der Waals surface area contributed by atoms with E-state index in [-0.39, 0.29) is 5.92 Å². The van der Waals surface area contributed by atoms with Gasteiger partial charge in [0.2, 0.25) is 5.91 Å². The number of amides is 1. The van der Waals surface area contributed by atoms with Gasteiger partial charge in [0.15, 0.2) is 0 Å². The number of piperidine rings is 1. The number of likely N-dealkylation sites (tertiary alicyclic amines) is 1. The SMILES string of the molecule is CC.CCCC(C)C(=O)N1CCC(NC2=C(Oc3ccc(Cl)cc3C)C=CC=CC2)CC1. The normalized spacial score (nSPS) is 17.4. The van der Waals surface area contributed by atoms with Crippen LogP contribution in [0.2, 0.25) is 5.02 Å². The first kappa shape index (κ1) is 26.1. The Kier molecular flexibility index (Phi) is 10.9. The van der Waals surface area contributed by atoms with Crippen molar-refractivity contribution in [2.24, 2.45) is 5.92 Å². The van der Waals surface area contributed by atoms with E-state index in [4.69, 9.17) is 16.3 Å². The summed E-state index contributed by atoms with van der Waals surface area (Å²) in [5.41, 5.74) is 2.09. The Morgan fingerprint density at radius 3 is 2.62 bits per heavy atom. The average Bonchev–Trinajstić information content (AvgIpc) is 3.02. The summed E-state index contributed by atoms with van der Waals surface area (Å²) < 4.78 is 6.26. The minimum absolute atomic E-state index is 0.127. The Labute approximate surface area is 199 Å². The van der Waals surface area contributed by atoms with Crippen LogP contribution in [0, 0.1) is 12.8 Å². The number of rotatable bonds is 7. The molecule has 1 atom stereocenters. The van der Waals surface area contributed by atoms with Crippen LogP contribution in [0.15, 0.2) is 54.0 Å². The number of ether oxygens (including phenoxy) is 1. The molecule has 1 fully saturated rings. The molecule has 2 aliphatic rings. The van der Waals surface area contributed by atoms with Gasteiger partial charge in [-0.25, -0.2) is 0 Å². The lowest BCUT2D eigenvalue weighted by atomic mass is 10.00. The van der Waals surface area contributed by atoms with Crippen molar-refractivity contribution in [1.82, 2.24) is 10.2 Å². The molecule has 0 bridgehead atoms. The van der Waals surface area contributed by atoms with E-state index >= 15 is 0 Å². The van der Waals surface area contributed by atoms with E-state index in [1.54, 1.807) is 0 Å². The van der Waals surface area contributed by atoms with Crippen LogP contribution in [0.1, 0.15) is 65.4 Å². The molecule has 0 radical (unpaired) electrons. The highest BCUT2D eigenvalue weighted by Crippen LogP contribution is 2.26. The first-order chi connectivity index (χ1) is 15.5. The number of halogens is 1. The van der Waals surface area contributed by atoms with Crippen LogP contribution in [0.5, 0.6) is 5.75 Å². The summed E-state index contributed by atoms with van der Waals surface area (Å²) in [5.74, 6) is 2.07. The van der Waals surface area contributed by atoms with Gasteiger partial charge >= 0.3 is 0 Å². The third-order valence-electron chi connectivity index (χ3n) is 5.80. The van der Waals surface area contributed by atoms with Crippen molar-refractivity contribution in [3.8, 4) is 5.75 Å². The molecule has 0 aromatic heterocycles. The number of hydrogen-bond acceptors (Lipinski definition) is 3. The van der Waals surface area contributed by atoms with Crippen molar-refractivity contribution in [2.75, 3.05) is 13.1 Å². The van der Waals surface area contributed by atoms with Crippen LogP contribution in [-0.4, -0.2) is 29.9 Å². The summed E-state index contributed by atoms with van der Waals surface area (Å²) in [6.45, 7) is 11.8. The number of carbonyl (C=O) groups is 1. The lowest BCUT2D eigenvalue weighted by Gasteiger charge is -2.35. The predicted octanol–water partition coefficient (Wildman–Crippen LogP) is 6.80. The minimum Gasteiger partial charge on any atom is -0.455 e. The Morgan fingerprint density at radius 2 is 1.97 bits per heavy atom. The molecule has 1 aliphatic heterocycles. The van der Waals surface area contributed by atoms with Crippen LogP contribution in [0.25, 0.3) is 0 Å². The average molecular weight is 459 g/mol. The number of hydrogen-bond donors (Lipinski definition) is 1. The summed E-state index contributed by atoms with van der Waals surface area (Å²) in [6.07, 6.45) is 12.9. The Morgan fingerprint density at radius 1 is 1.25 bits per heavy atom. The zero-order chi connectivity index (χ0) is 23.5. The largest absolute Gasteiger partial charge is 0.455 e. The van der Waals surface area contributed by atoms with Crippen LogP contribution >= 0.6 is 11.6 Å². The predicted molar refractivity (Wildman–Crippen MR) is 135 cm³/mol. The summed E-state index contributed by atoms with van der Waals surface area (Å²) in [5, 5.41) is 4.41. The molecule has 1 saturated heterocycles. The number of benzene rings is 1. The molecule has 1 heterocycles. The summed E-state index contributed by atoms with van der Waals surface area (Å²) in [7, 11) is 0. The van der Waals surface area contributed by atoms with Gasteiger partial charge in [-0.15, -0.1) is 0 Å². The molecule has 1 aliphatic carbocycles. The van der Waals surface area contributed by atoms with Crippen LogP contribution in [0.4, 0.5) is 0 Å². The summed E-state index contributed by atoms with van der Waals surface area (Å²) >= 11 is 6.08. The summed E-state index contributed by atoms with van der Waals surface area (Å²) in [4.78, 5) is 14.6. The van der Waals surface area contributed by atoms with Gasteiger partial charge in [0, 0.05) is 36.5 Å². The van der Waals surface area contributed by atoms with Gasteiger partial charge in [-0.3, -0.25) is 4.79 Å². The second kappa shape index (κ2) is 13.4. The highest BCUT2D eigenvalue weighted by atomic mass is 35.5. The molecular weight excluding hydrogens is 420 g/mol. The van der Waals surface area contributed by atoms with Crippen molar-refractivity contribution in [2.45, 2.75) is 72.8 Å². The summed E-state index contributed by atoms with van der Waals surface area (Å²) in [6, 6.07) is 6.02. The molecule has 3 rings (SSSR count). The standard InChI is InChI=1S/C25H33ClN2O2.C2H6/c1-4-8-18(2)25(29)28-15-13-21(14-16-28)27-22-9-6-5-7-10-24(22)30-23-12-11-20(26)17-19(23)3;1-2/h5-7,10-12,17-18,21,27H,4,8-9,13-16H2,1-3H3;1-2H3. The van der Waals surface area contributed by atoms with Crippen LogP contribution < -0.4 is 10.1 Å². The second-order valence-corrected chi connectivity index (χ2v) is 8.72. The van der Waals surface area contributed by atoms with Gasteiger partial charge in [-0.05, 0) is 56.0 Å². The number of nitrogens with one attached hydrogen (secondary N) is 1. The molecule has 0 saturated carbocycles. The molecule has 176 valence electrons. The van der Waals surface area contributed by atoms with E-state index < -0.39 is 0 Å². The lowest BCUT2D eigenvalue weighted by Crippen LogP contribution is -2.46. The van der Waals surface area contributed by atoms with Crippen molar-refractivity contribution in [3.05, 3.63) is 64.5 Å². The number of allylic oxidation sites excluding steroid dienone is 4. The number of nitrogens with zero attached hydrogens (tertiary/aromatic N) is 1. The molecule has 1 aromatic rings. The zero-order valence-electron chi connectivity index (χ0n) is 20.3. The third kappa shape index (κ3) is 7.44. The quantitative estimate of drug-likeness (QED) is 0.488. The molecular formula is C27H39ClN2O2. The third-order valence-corrected chi connectivity index (χ3v) is 6.03. The molecule has 32 heavy (non-hydrogen) atoms. The van der Waals surface area contributed by atoms with Crippen molar-refractivity contribution in [1.29, 1.82) is 0 Å². The highest BCUT2D eigenvalue weighted by molar-refractivity contribution is 6.30. The van der Waals surface area contributed by atoms with Crippen LogP contribution in [-0.2, 0) is 4.79 Å². The zero-order valence-corrected chi connectivity index (χ0v) is 21.0. The van der Waals surface area contributed by atoms with Gasteiger partial charge < -0.3 is 15.0 Å².